The highest BCUT2D eigenvalue weighted by Gasteiger charge is 2.17. The third kappa shape index (κ3) is 2.37. The van der Waals surface area contributed by atoms with Crippen molar-refractivity contribution in [3.05, 3.63) is 70.8 Å². The van der Waals surface area contributed by atoms with Crippen LogP contribution in [0.1, 0.15) is 34.0 Å². The maximum atomic E-state index is 12.2. The van der Waals surface area contributed by atoms with Gasteiger partial charge in [0.05, 0.1) is 5.52 Å². The number of Topliss-reactive ketones (excluding diaryl/α,β-unsaturated/α-hetero) is 1. The van der Waals surface area contributed by atoms with E-state index in [1.165, 1.54) is 33.2 Å². The van der Waals surface area contributed by atoms with E-state index in [9.17, 15) is 4.79 Å². The normalized spacial score (nSPS) is 11.4. The standard InChI is InChI=1S/C23H21NO/c1-13-8-9-20-21(12-13)24-23-18(16(4)25)10-11-19(22(20)23)17-7-5-6-14(2)15(17)3/h5-12,24H,1-4H3. The van der Waals surface area contributed by atoms with Crippen LogP contribution in [-0.4, -0.2) is 10.8 Å². The summed E-state index contributed by atoms with van der Waals surface area (Å²) in [4.78, 5) is 15.6. The quantitative estimate of drug-likeness (QED) is 0.442. The maximum absolute atomic E-state index is 12.2. The van der Waals surface area contributed by atoms with Crippen molar-refractivity contribution in [3.8, 4) is 11.1 Å². The van der Waals surface area contributed by atoms with Crippen molar-refractivity contribution < 1.29 is 4.79 Å². The van der Waals surface area contributed by atoms with Gasteiger partial charge in [0, 0.05) is 21.9 Å². The molecule has 2 nitrogen and oxygen atoms in total. The molecule has 1 heterocycles. The number of carbonyl (C=O) groups excluding carboxylic acids is 1. The minimum Gasteiger partial charge on any atom is -0.354 e. The Balaban J connectivity index is 2.19. The highest BCUT2D eigenvalue weighted by atomic mass is 16.1. The van der Waals surface area contributed by atoms with E-state index < -0.39 is 0 Å². The Bertz CT molecular complexity index is 1150. The first-order valence-corrected chi connectivity index (χ1v) is 8.60. The van der Waals surface area contributed by atoms with Crippen LogP contribution in [0.3, 0.4) is 0 Å². The van der Waals surface area contributed by atoms with Crippen LogP contribution in [0.4, 0.5) is 0 Å². The summed E-state index contributed by atoms with van der Waals surface area (Å²) >= 11 is 0. The zero-order valence-corrected chi connectivity index (χ0v) is 15.0. The molecule has 124 valence electrons. The van der Waals surface area contributed by atoms with E-state index in [4.69, 9.17) is 0 Å². The lowest BCUT2D eigenvalue weighted by atomic mass is 9.92. The first-order chi connectivity index (χ1) is 12.0. The number of benzene rings is 3. The fourth-order valence-corrected chi connectivity index (χ4v) is 3.69. The maximum Gasteiger partial charge on any atom is 0.161 e. The number of ketones is 1. The number of aryl methyl sites for hydroxylation is 2. The van der Waals surface area contributed by atoms with E-state index in [0.29, 0.717) is 0 Å². The summed E-state index contributed by atoms with van der Waals surface area (Å²) in [5.41, 5.74) is 8.92. The van der Waals surface area contributed by atoms with Crippen LogP contribution in [-0.2, 0) is 0 Å². The summed E-state index contributed by atoms with van der Waals surface area (Å²) in [5.74, 6) is 0.0841. The predicted octanol–water partition coefficient (Wildman–Crippen LogP) is 6.12. The summed E-state index contributed by atoms with van der Waals surface area (Å²) in [6.45, 7) is 8.01. The second-order valence-electron chi connectivity index (χ2n) is 6.89. The van der Waals surface area contributed by atoms with Gasteiger partial charge in [0.2, 0.25) is 0 Å². The number of hydrogen-bond acceptors (Lipinski definition) is 1. The average Bonchev–Trinajstić information content (AvgIpc) is 2.94. The molecule has 0 bridgehead atoms. The topological polar surface area (TPSA) is 32.9 Å². The molecule has 0 saturated carbocycles. The number of rotatable bonds is 2. The van der Waals surface area contributed by atoms with Crippen LogP contribution in [0.5, 0.6) is 0 Å². The molecule has 2 heteroatoms. The lowest BCUT2D eigenvalue weighted by molar-refractivity contribution is 0.101. The lowest BCUT2D eigenvalue weighted by Crippen LogP contribution is -1.95. The van der Waals surface area contributed by atoms with Gasteiger partial charge in [-0.05, 0) is 67.6 Å². The van der Waals surface area contributed by atoms with Crippen LogP contribution in [0.15, 0.2) is 48.5 Å². The number of aromatic amines is 1. The third-order valence-electron chi connectivity index (χ3n) is 5.18. The molecule has 1 N–H and O–H groups in total. The second kappa shape index (κ2) is 5.59. The van der Waals surface area contributed by atoms with Crippen molar-refractivity contribution in [3.63, 3.8) is 0 Å². The molecule has 0 unspecified atom stereocenters. The van der Waals surface area contributed by atoms with Gasteiger partial charge in [-0.3, -0.25) is 4.79 Å². The largest absolute Gasteiger partial charge is 0.354 e. The molecule has 0 aliphatic rings. The van der Waals surface area contributed by atoms with Gasteiger partial charge >= 0.3 is 0 Å². The van der Waals surface area contributed by atoms with Crippen LogP contribution >= 0.6 is 0 Å². The van der Waals surface area contributed by atoms with Crippen LogP contribution < -0.4 is 0 Å². The highest BCUT2D eigenvalue weighted by molar-refractivity contribution is 6.20. The van der Waals surface area contributed by atoms with Gasteiger partial charge in [-0.15, -0.1) is 0 Å². The van der Waals surface area contributed by atoms with E-state index in [-0.39, 0.29) is 5.78 Å². The molecule has 0 amide bonds. The Morgan fingerprint density at radius 1 is 0.920 bits per heavy atom. The van der Waals surface area contributed by atoms with Crippen molar-refractivity contribution in [1.29, 1.82) is 0 Å². The number of hydrogen-bond donors (Lipinski definition) is 1. The van der Waals surface area contributed by atoms with Gasteiger partial charge in [0.25, 0.3) is 0 Å². The number of aromatic nitrogens is 1. The van der Waals surface area contributed by atoms with Gasteiger partial charge < -0.3 is 4.98 Å². The van der Waals surface area contributed by atoms with Crippen molar-refractivity contribution in [2.24, 2.45) is 0 Å². The molecule has 1 aromatic heterocycles. The molecule has 0 radical (unpaired) electrons. The van der Waals surface area contributed by atoms with E-state index in [1.807, 2.05) is 6.07 Å². The zero-order chi connectivity index (χ0) is 17.7. The molecule has 0 atom stereocenters. The molecule has 0 spiro atoms. The molecule has 25 heavy (non-hydrogen) atoms. The number of nitrogens with one attached hydrogen (secondary N) is 1. The van der Waals surface area contributed by atoms with Crippen LogP contribution in [0.25, 0.3) is 32.9 Å². The van der Waals surface area contributed by atoms with Gasteiger partial charge in [-0.25, -0.2) is 0 Å². The van der Waals surface area contributed by atoms with Gasteiger partial charge in [0.1, 0.15) is 0 Å². The highest BCUT2D eigenvalue weighted by Crippen LogP contribution is 2.38. The average molecular weight is 327 g/mol. The number of carbonyl (C=O) groups is 1. The fraction of sp³-hybridized carbons (Fsp3) is 0.174. The first-order valence-electron chi connectivity index (χ1n) is 8.60. The number of fused-ring (bicyclic) bond motifs is 3. The molecule has 0 aliphatic carbocycles. The zero-order valence-electron chi connectivity index (χ0n) is 15.0. The van der Waals surface area contributed by atoms with E-state index >= 15 is 0 Å². The molecule has 0 saturated heterocycles. The molecule has 0 fully saturated rings. The van der Waals surface area contributed by atoms with Gasteiger partial charge in [-0.2, -0.15) is 0 Å². The summed E-state index contributed by atoms with van der Waals surface area (Å²) in [6.07, 6.45) is 0. The predicted molar refractivity (Wildman–Crippen MR) is 105 cm³/mol. The molecule has 0 aliphatic heterocycles. The SMILES string of the molecule is CC(=O)c1ccc(-c2cccc(C)c2C)c2c1[nH]c1cc(C)ccc12. The molecule has 3 aromatic carbocycles. The Morgan fingerprint density at radius 3 is 2.48 bits per heavy atom. The van der Waals surface area contributed by atoms with Crippen molar-refractivity contribution in [2.45, 2.75) is 27.7 Å². The fourth-order valence-electron chi connectivity index (χ4n) is 3.69. The smallest absolute Gasteiger partial charge is 0.161 e. The van der Waals surface area contributed by atoms with Crippen molar-refractivity contribution >= 4 is 27.6 Å². The Kier molecular flexibility index (Phi) is 3.50. The number of H-pyrrole nitrogens is 1. The van der Waals surface area contributed by atoms with Gasteiger partial charge in [-0.1, -0.05) is 36.4 Å². The van der Waals surface area contributed by atoms with Crippen molar-refractivity contribution in [1.82, 2.24) is 4.98 Å². The molecule has 4 aromatic rings. The van der Waals surface area contributed by atoms with Crippen LogP contribution in [0.2, 0.25) is 0 Å². The van der Waals surface area contributed by atoms with E-state index in [0.717, 1.165) is 22.0 Å². The summed E-state index contributed by atoms with van der Waals surface area (Å²) < 4.78 is 0. The summed E-state index contributed by atoms with van der Waals surface area (Å²) in [7, 11) is 0. The first kappa shape index (κ1) is 15.6. The van der Waals surface area contributed by atoms with E-state index in [2.05, 4.69) is 68.2 Å². The lowest BCUT2D eigenvalue weighted by Gasteiger charge is -2.12. The third-order valence-corrected chi connectivity index (χ3v) is 5.18. The Hall–Kier alpha value is -2.87. The minimum atomic E-state index is 0.0841. The Morgan fingerprint density at radius 2 is 1.72 bits per heavy atom. The molecular weight excluding hydrogens is 306 g/mol. The van der Waals surface area contributed by atoms with Gasteiger partial charge in [0.15, 0.2) is 5.78 Å². The monoisotopic (exact) mass is 327 g/mol. The second-order valence-corrected chi connectivity index (χ2v) is 6.89. The van der Waals surface area contributed by atoms with Crippen molar-refractivity contribution in [2.75, 3.05) is 0 Å². The van der Waals surface area contributed by atoms with E-state index in [1.54, 1.807) is 6.92 Å². The molecule has 4 rings (SSSR count). The molecular formula is C23H21NO. The minimum absolute atomic E-state index is 0.0841. The summed E-state index contributed by atoms with van der Waals surface area (Å²) in [5, 5.41) is 2.30. The van der Waals surface area contributed by atoms with Crippen LogP contribution in [0, 0.1) is 20.8 Å². The Labute approximate surface area is 147 Å². The summed E-state index contributed by atoms with van der Waals surface area (Å²) in [6, 6.07) is 16.9.